The Morgan fingerprint density at radius 3 is 2.39 bits per heavy atom. The molecule has 0 aliphatic carbocycles. The molecule has 1 heterocycles. The lowest BCUT2D eigenvalue weighted by molar-refractivity contribution is -0.139. The lowest BCUT2D eigenvalue weighted by Crippen LogP contribution is -2.58. The van der Waals surface area contributed by atoms with Crippen LogP contribution in [-0.4, -0.2) is 61.7 Å². The van der Waals surface area contributed by atoms with Crippen LogP contribution in [0, 0.1) is 5.82 Å². The Bertz CT molecular complexity index is 909. The van der Waals surface area contributed by atoms with Crippen molar-refractivity contribution in [3.8, 4) is 17.2 Å². The van der Waals surface area contributed by atoms with Gasteiger partial charge < -0.3 is 19.1 Å². The van der Waals surface area contributed by atoms with E-state index < -0.39 is 0 Å². The molecule has 1 fully saturated rings. The fourth-order valence-electron chi connectivity index (χ4n) is 3.73. The molecule has 0 N–H and O–H groups in total. The van der Waals surface area contributed by atoms with Crippen LogP contribution in [0.5, 0.6) is 17.2 Å². The van der Waals surface area contributed by atoms with Crippen molar-refractivity contribution in [3.05, 3.63) is 52.3 Å². The Kier molecular flexibility index (Phi) is 7.78. The Morgan fingerprint density at radius 1 is 1.06 bits per heavy atom. The van der Waals surface area contributed by atoms with Gasteiger partial charge in [0.05, 0.1) is 14.2 Å². The Hall–Kier alpha value is -2.32. The van der Waals surface area contributed by atoms with E-state index in [1.54, 1.807) is 38.5 Å². The first-order chi connectivity index (χ1) is 14.8. The molecule has 0 radical (unpaired) electrons. The van der Waals surface area contributed by atoms with Crippen LogP contribution < -0.4 is 14.2 Å². The van der Waals surface area contributed by atoms with E-state index in [1.165, 1.54) is 12.1 Å². The molecule has 1 saturated heterocycles. The quantitative estimate of drug-likeness (QED) is 0.579. The van der Waals surface area contributed by atoms with Crippen LogP contribution in [0.2, 0.25) is 0 Å². The van der Waals surface area contributed by atoms with Crippen LogP contribution in [0.25, 0.3) is 0 Å². The van der Waals surface area contributed by atoms with Gasteiger partial charge in [0.15, 0.2) is 6.61 Å². The molecule has 2 atom stereocenters. The van der Waals surface area contributed by atoms with Crippen molar-refractivity contribution in [2.45, 2.75) is 32.5 Å². The predicted octanol–water partition coefficient (Wildman–Crippen LogP) is 4.11. The number of benzene rings is 2. The summed E-state index contributed by atoms with van der Waals surface area (Å²) >= 11 is 3.46. The van der Waals surface area contributed by atoms with E-state index in [4.69, 9.17) is 14.2 Å². The molecule has 0 spiro atoms. The minimum atomic E-state index is -0.235. The van der Waals surface area contributed by atoms with E-state index in [-0.39, 0.29) is 30.4 Å². The zero-order valence-electron chi connectivity index (χ0n) is 18.2. The number of piperazine rings is 1. The van der Waals surface area contributed by atoms with Crippen molar-refractivity contribution in [1.29, 1.82) is 0 Å². The molecule has 6 nitrogen and oxygen atoms in total. The lowest BCUT2D eigenvalue weighted by atomic mass is 10.1. The van der Waals surface area contributed by atoms with Crippen LogP contribution in [0.3, 0.4) is 0 Å². The predicted molar refractivity (Wildman–Crippen MR) is 120 cm³/mol. The first-order valence-electron chi connectivity index (χ1n) is 10.1. The minimum absolute atomic E-state index is 0.0380. The van der Waals surface area contributed by atoms with E-state index >= 15 is 0 Å². The Morgan fingerprint density at radius 2 is 1.74 bits per heavy atom. The van der Waals surface area contributed by atoms with E-state index in [0.717, 1.165) is 18.7 Å². The first kappa shape index (κ1) is 23.3. The number of halogens is 2. The number of rotatable bonds is 7. The average Bonchev–Trinajstić information content (AvgIpc) is 2.76. The van der Waals surface area contributed by atoms with Gasteiger partial charge in [-0.05, 0) is 47.5 Å². The summed E-state index contributed by atoms with van der Waals surface area (Å²) in [6.45, 7) is 6.12. The molecule has 0 bridgehead atoms. The van der Waals surface area contributed by atoms with E-state index in [2.05, 4.69) is 27.8 Å². The monoisotopic (exact) mass is 494 g/mol. The molecule has 0 unspecified atom stereocenters. The third-order valence-electron chi connectivity index (χ3n) is 5.52. The largest absolute Gasteiger partial charge is 0.496 e. The summed E-state index contributed by atoms with van der Waals surface area (Å²) in [6.07, 6.45) is 0. The molecule has 1 amide bonds. The van der Waals surface area contributed by atoms with Crippen LogP contribution in [0.4, 0.5) is 4.39 Å². The zero-order chi connectivity index (χ0) is 22.5. The smallest absolute Gasteiger partial charge is 0.260 e. The van der Waals surface area contributed by atoms with Gasteiger partial charge in [0.2, 0.25) is 0 Å². The number of hydrogen-bond donors (Lipinski definition) is 0. The fourth-order valence-corrected chi connectivity index (χ4v) is 4.24. The van der Waals surface area contributed by atoms with E-state index in [9.17, 15) is 9.18 Å². The van der Waals surface area contributed by atoms with Crippen molar-refractivity contribution >= 4 is 21.8 Å². The second-order valence-corrected chi connectivity index (χ2v) is 8.52. The lowest BCUT2D eigenvalue weighted by Gasteiger charge is -2.44. The molecule has 3 rings (SSSR count). The normalized spacial score (nSPS) is 19.2. The molecule has 8 heteroatoms. The fraction of sp³-hybridized carbons (Fsp3) is 0.435. The molecule has 0 saturated carbocycles. The molecular weight excluding hydrogens is 467 g/mol. The Balaban J connectivity index is 1.61. The summed E-state index contributed by atoms with van der Waals surface area (Å²) in [4.78, 5) is 17.1. The minimum Gasteiger partial charge on any atom is -0.496 e. The maximum absolute atomic E-state index is 13.2. The highest BCUT2D eigenvalue weighted by Crippen LogP contribution is 2.38. The molecule has 1 aliphatic heterocycles. The first-order valence-corrected chi connectivity index (χ1v) is 10.9. The number of carbonyl (C=O) groups excluding carboxylic acids is 1. The van der Waals surface area contributed by atoms with Gasteiger partial charge in [0.1, 0.15) is 27.5 Å². The zero-order valence-corrected chi connectivity index (χ0v) is 19.8. The molecule has 2 aromatic rings. The van der Waals surface area contributed by atoms with Gasteiger partial charge in [-0.2, -0.15) is 0 Å². The topological polar surface area (TPSA) is 51.2 Å². The molecule has 168 valence electrons. The third kappa shape index (κ3) is 5.68. The average molecular weight is 495 g/mol. The summed E-state index contributed by atoms with van der Waals surface area (Å²) in [5, 5.41) is 0. The number of ether oxygens (including phenoxy) is 3. The summed E-state index contributed by atoms with van der Waals surface area (Å²) in [7, 11) is 3.12. The maximum Gasteiger partial charge on any atom is 0.260 e. The van der Waals surface area contributed by atoms with E-state index in [1.807, 2.05) is 11.8 Å². The summed E-state index contributed by atoms with van der Waals surface area (Å²) in [6, 6.07) is 10.2. The third-order valence-corrected chi connectivity index (χ3v) is 6.30. The highest BCUT2D eigenvalue weighted by Gasteiger charge is 2.32. The van der Waals surface area contributed by atoms with Crippen molar-refractivity contribution in [2.24, 2.45) is 0 Å². The molecule has 0 aromatic heterocycles. The second-order valence-electron chi connectivity index (χ2n) is 7.73. The van der Waals surface area contributed by atoms with Crippen molar-refractivity contribution < 1.29 is 23.4 Å². The van der Waals surface area contributed by atoms with Gasteiger partial charge in [-0.15, -0.1) is 0 Å². The number of carbonyl (C=O) groups is 1. The number of methoxy groups -OCH3 is 2. The SMILES string of the molecule is COc1cc(OC)c(Br)c(OCC(=O)N2C[C@H](C)N(Cc3ccc(F)cc3)C[C@H]2C)c1. The number of hydrogen-bond acceptors (Lipinski definition) is 5. The Labute approximate surface area is 191 Å². The van der Waals surface area contributed by atoms with E-state index in [0.29, 0.717) is 28.3 Å². The highest BCUT2D eigenvalue weighted by atomic mass is 79.9. The summed E-state index contributed by atoms with van der Waals surface area (Å²) < 4.78 is 30.2. The van der Waals surface area contributed by atoms with Gasteiger partial charge in [0, 0.05) is 43.9 Å². The van der Waals surface area contributed by atoms with Crippen LogP contribution >= 0.6 is 15.9 Å². The van der Waals surface area contributed by atoms with Gasteiger partial charge >= 0.3 is 0 Å². The molecule has 1 aliphatic rings. The number of amides is 1. The highest BCUT2D eigenvalue weighted by molar-refractivity contribution is 9.10. The summed E-state index contributed by atoms with van der Waals surface area (Å²) in [5.74, 6) is 1.33. The van der Waals surface area contributed by atoms with Crippen LogP contribution in [-0.2, 0) is 11.3 Å². The van der Waals surface area contributed by atoms with Gasteiger partial charge in [-0.3, -0.25) is 9.69 Å². The van der Waals surface area contributed by atoms with Crippen LogP contribution in [0.1, 0.15) is 19.4 Å². The summed E-state index contributed by atoms with van der Waals surface area (Å²) in [5.41, 5.74) is 1.06. The maximum atomic E-state index is 13.2. The molecule has 31 heavy (non-hydrogen) atoms. The van der Waals surface area contributed by atoms with Gasteiger partial charge in [-0.25, -0.2) is 4.39 Å². The second kappa shape index (κ2) is 10.3. The standard InChI is InChI=1S/C23H28BrFN2O4/c1-15-12-27(16(2)11-26(15)13-17-5-7-18(25)8-6-17)22(28)14-31-21-10-19(29-3)9-20(30-4)23(21)24/h5-10,15-16H,11-14H2,1-4H3/t15-,16+/m0/s1. The van der Waals surface area contributed by atoms with Crippen molar-refractivity contribution in [3.63, 3.8) is 0 Å². The van der Waals surface area contributed by atoms with Crippen molar-refractivity contribution in [1.82, 2.24) is 9.80 Å². The molecule has 2 aromatic carbocycles. The van der Waals surface area contributed by atoms with Crippen LogP contribution in [0.15, 0.2) is 40.9 Å². The number of nitrogens with zero attached hydrogens (tertiary/aromatic N) is 2. The van der Waals surface area contributed by atoms with Gasteiger partial charge in [-0.1, -0.05) is 12.1 Å². The molecular formula is C23H28BrFN2O4. The van der Waals surface area contributed by atoms with Gasteiger partial charge in [0.25, 0.3) is 5.91 Å². The van der Waals surface area contributed by atoms with Crippen molar-refractivity contribution in [2.75, 3.05) is 33.9 Å².